The molecule has 100 valence electrons. The molecule has 4 nitrogen and oxygen atoms in total. The highest BCUT2D eigenvalue weighted by molar-refractivity contribution is 9.08. The Labute approximate surface area is 123 Å². The molecule has 0 saturated carbocycles. The van der Waals surface area contributed by atoms with Crippen LogP contribution in [-0.4, -0.2) is 18.4 Å². The van der Waals surface area contributed by atoms with Crippen molar-refractivity contribution in [2.75, 3.05) is 13.2 Å². The van der Waals surface area contributed by atoms with Crippen LogP contribution in [0.5, 0.6) is 11.5 Å². The number of alkyl halides is 1. The molecule has 1 aliphatic heterocycles. The van der Waals surface area contributed by atoms with E-state index in [1.165, 1.54) is 0 Å². The van der Waals surface area contributed by atoms with Crippen LogP contribution in [0, 0.1) is 0 Å². The fraction of sp³-hybridized carbons (Fsp3) is 0.308. The lowest BCUT2D eigenvalue weighted by atomic mass is 10.1. The van der Waals surface area contributed by atoms with Gasteiger partial charge in [-0.3, -0.25) is 0 Å². The van der Waals surface area contributed by atoms with Crippen LogP contribution in [-0.2, 0) is 5.33 Å². The Morgan fingerprint density at radius 3 is 2.84 bits per heavy atom. The molecule has 3 rings (SSSR count). The van der Waals surface area contributed by atoms with Gasteiger partial charge in [-0.25, -0.2) is 0 Å². The highest BCUT2D eigenvalue weighted by Crippen LogP contribution is 2.40. The number of halogens is 2. The quantitative estimate of drug-likeness (QED) is 0.771. The van der Waals surface area contributed by atoms with Crippen molar-refractivity contribution in [1.82, 2.24) is 5.16 Å². The number of hydrogen-bond donors (Lipinski definition) is 0. The van der Waals surface area contributed by atoms with E-state index in [0.717, 1.165) is 23.4 Å². The molecule has 1 aromatic heterocycles. The maximum Gasteiger partial charge on any atom is 0.179 e. The average Bonchev–Trinajstić information content (AvgIpc) is 2.77. The second kappa shape index (κ2) is 5.43. The van der Waals surface area contributed by atoms with Crippen molar-refractivity contribution in [2.24, 2.45) is 0 Å². The molecule has 0 spiro atoms. The van der Waals surface area contributed by atoms with Crippen molar-refractivity contribution < 1.29 is 14.0 Å². The largest absolute Gasteiger partial charge is 0.489 e. The summed E-state index contributed by atoms with van der Waals surface area (Å²) in [4.78, 5) is 0. The predicted octanol–water partition coefficient (Wildman–Crippen LogP) is 4.05. The van der Waals surface area contributed by atoms with E-state index >= 15 is 0 Å². The third-order valence-electron chi connectivity index (χ3n) is 2.79. The van der Waals surface area contributed by atoms with Crippen LogP contribution in [0.15, 0.2) is 22.7 Å². The first-order valence-electron chi connectivity index (χ1n) is 5.89. The molecule has 0 atom stereocenters. The van der Waals surface area contributed by atoms with E-state index in [-0.39, 0.29) is 0 Å². The number of ether oxygens (including phenoxy) is 2. The zero-order valence-electron chi connectivity index (χ0n) is 9.99. The van der Waals surface area contributed by atoms with Crippen LogP contribution in [0.2, 0.25) is 5.02 Å². The number of nitrogens with zero attached hydrogens (tertiary/aromatic N) is 1. The minimum atomic E-state index is 0.526. The van der Waals surface area contributed by atoms with Gasteiger partial charge in [0.25, 0.3) is 0 Å². The lowest BCUT2D eigenvalue weighted by Crippen LogP contribution is -1.97. The van der Waals surface area contributed by atoms with Crippen LogP contribution >= 0.6 is 27.5 Å². The smallest absolute Gasteiger partial charge is 0.179 e. The minimum absolute atomic E-state index is 0.526. The summed E-state index contributed by atoms with van der Waals surface area (Å²) in [7, 11) is 0. The van der Waals surface area contributed by atoms with Crippen LogP contribution in [0.4, 0.5) is 0 Å². The first-order chi connectivity index (χ1) is 9.28. The fourth-order valence-corrected chi connectivity index (χ4v) is 2.42. The van der Waals surface area contributed by atoms with Gasteiger partial charge in [-0.1, -0.05) is 32.7 Å². The van der Waals surface area contributed by atoms with Gasteiger partial charge in [0.2, 0.25) is 0 Å². The van der Waals surface area contributed by atoms with E-state index in [2.05, 4.69) is 21.1 Å². The van der Waals surface area contributed by atoms with Crippen LogP contribution in [0.3, 0.4) is 0 Å². The Bertz CT molecular complexity index is 600. The number of aromatic nitrogens is 1. The monoisotopic (exact) mass is 343 g/mol. The zero-order valence-corrected chi connectivity index (χ0v) is 12.3. The minimum Gasteiger partial charge on any atom is -0.489 e. The highest BCUT2D eigenvalue weighted by Gasteiger charge is 2.17. The Balaban J connectivity index is 2.03. The molecule has 2 aromatic rings. The molecule has 0 bridgehead atoms. The molecule has 0 saturated heterocycles. The molecular formula is C13H11BrClNO3. The lowest BCUT2D eigenvalue weighted by Gasteiger charge is -2.10. The number of fused-ring (bicyclic) bond motifs is 1. The molecule has 0 N–H and O–H groups in total. The van der Waals surface area contributed by atoms with Crippen LogP contribution < -0.4 is 9.47 Å². The van der Waals surface area contributed by atoms with Crippen LogP contribution in [0.25, 0.3) is 11.3 Å². The van der Waals surface area contributed by atoms with E-state index in [9.17, 15) is 0 Å². The maximum atomic E-state index is 6.24. The van der Waals surface area contributed by atoms with Gasteiger partial charge >= 0.3 is 0 Å². The summed E-state index contributed by atoms with van der Waals surface area (Å²) in [6.07, 6.45) is 0.845. The van der Waals surface area contributed by atoms with Crippen molar-refractivity contribution in [3.05, 3.63) is 29.0 Å². The first-order valence-corrected chi connectivity index (χ1v) is 7.39. The molecule has 0 unspecified atom stereocenters. The Morgan fingerprint density at radius 2 is 2.05 bits per heavy atom. The molecular weight excluding hydrogens is 334 g/mol. The van der Waals surface area contributed by atoms with Gasteiger partial charge in [0, 0.05) is 18.1 Å². The van der Waals surface area contributed by atoms with E-state index in [4.69, 9.17) is 25.6 Å². The fourth-order valence-electron chi connectivity index (χ4n) is 1.89. The maximum absolute atomic E-state index is 6.24. The summed E-state index contributed by atoms with van der Waals surface area (Å²) in [6.45, 7) is 1.24. The summed E-state index contributed by atoms with van der Waals surface area (Å²) in [6, 6.07) is 5.55. The Kier molecular flexibility index (Phi) is 3.66. The number of benzene rings is 1. The van der Waals surface area contributed by atoms with Gasteiger partial charge in [0.15, 0.2) is 11.5 Å². The van der Waals surface area contributed by atoms with E-state index in [0.29, 0.717) is 35.1 Å². The van der Waals surface area contributed by atoms with Gasteiger partial charge in [0.1, 0.15) is 11.5 Å². The summed E-state index contributed by atoms with van der Waals surface area (Å²) < 4.78 is 16.4. The Morgan fingerprint density at radius 1 is 1.21 bits per heavy atom. The second-order valence-corrected chi connectivity index (χ2v) is 5.12. The van der Waals surface area contributed by atoms with Crippen molar-refractivity contribution in [1.29, 1.82) is 0 Å². The number of rotatable bonds is 2. The third kappa shape index (κ3) is 2.58. The first kappa shape index (κ1) is 12.8. The molecule has 0 fully saturated rings. The summed E-state index contributed by atoms with van der Waals surface area (Å²) in [5, 5.41) is 5.16. The zero-order chi connectivity index (χ0) is 13.2. The second-order valence-electron chi connectivity index (χ2n) is 4.15. The molecule has 19 heavy (non-hydrogen) atoms. The molecule has 6 heteroatoms. The van der Waals surface area contributed by atoms with Crippen molar-refractivity contribution in [3.63, 3.8) is 0 Å². The molecule has 0 radical (unpaired) electrons. The van der Waals surface area contributed by atoms with Crippen molar-refractivity contribution >= 4 is 27.5 Å². The molecule has 0 amide bonds. The predicted molar refractivity (Wildman–Crippen MR) is 75.2 cm³/mol. The van der Waals surface area contributed by atoms with Crippen molar-refractivity contribution in [2.45, 2.75) is 11.8 Å². The lowest BCUT2D eigenvalue weighted by molar-refractivity contribution is 0.297. The molecule has 0 aliphatic carbocycles. The standard InChI is InChI=1S/C13H11BrClNO3/c14-7-9-6-11(16-19-9)8-4-10(15)13-12(5-8)17-2-1-3-18-13/h4-6H,1-3,7H2. The van der Waals surface area contributed by atoms with Crippen LogP contribution in [0.1, 0.15) is 12.2 Å². The molecule has 2 heterocycles. The third-order valence-corrected chi connectivity index (χ3v) is 3.62. The molecule has 1 aromatic carbocycles. The van der Waals surface area contributed by atoms with E-state index in [1.54, 1.807) is 0 Å². The topological polar surface area (TPSA) is 44.5 Å². The average molecular weight is 345 g/mol. The summed E-state index contributed by atoms with van der Waals surface area (Å²) >= 11 is 9.56. The number of hydrogen-bond acceptors (Lipinski definition) is 4. The highest BCUT2D eigenvalue weighted by atomic mass is 79.9. The van der Waals surface area contributed by atoms with Gasteiger partial charge in [-0.15, -0.1) is 0 Å². The summed E-state index contributed by atoms with van der Waals surface area (Å²) in [5.74, 6) is 2.02. The van der Waals surface area contributed by atoms with E-state index < -0.39 is 0 Å². The van der Waals surface area contributed by atoms with E-state index in [1.807, 2.05) is 18.2 Å². The van der Waals surface area contributed by atoms with Gasteiger partial charge in [0.05, 0.1) is 23.6 Å². The van der Waals surface area contributed by atoms with Gasteiger partial charge in [-0.2, -0.15) is 0 Å². The van der Waals surface area contributed by atoms with Crippen molar-refractivity contribution in [3.8, 4) is 22.8 Å². The summed E-state index contributed by atoms with van der Waals surface area (Å²) in [5.41, 5.74) is 1.58. The SMILES string of the molecule is Clc1cc(-c2cc(CBr)on2)cc2c1OCCCO2. The molecule has 1 aliphatic rings. The van der Waals surface area contributed by atoms with Gasteiger partial charge in [-0.05, 0) is 12.1 Å². The normalized spacial score (nSPS) is 14.2. The van der Waals surface area contributed by atoms with Gasteiger partial charge < -0.3 is 14.0 Å². The Hall–Kier alpha value is -1.20.